The Morgan fingerprint density at radius 1 is 1.24 bits per heavy atom. The molecule has 5 nitrogen and oxygen atoms in total. The average Bonchev–Trinajstić information content (AvgIpc) is 2.93. The molecule has 1 amide bonds. The fraction of sp³-hybridized carbons (Fsp3) is 0.250. The van der Waals surface area contributed by atoms with Crippen LogP contribution in [0.2, 0.25) is 0 Å². The van der Waals surface area contributed by atoms with Gasteiger partial charge < -0.3 is 14.1 Å². The molecule has 0 aliphatic rings. The number of esters is 1. The number of hydrogen-bond donors (Lipinski definition) is 0. The molecule has 2 aromatic rings. The SMILES string of the molecule is CCN(C(=O)c1occc1C)c1ccccc1C(=O)OC. The van der Waals surface area contributed by atoms with Crippen LogP contribution in [0.15, 0.2) is 41.0 Å². The highest BCUT2D eigenvalue weighted by atomic mass is 16.5. The molecule has 0 N–H and O–H groups in total. The maximum Gasteiger partial charge on any atom is 0.339 e. The monoisotopic (exact) mass is 287 g/mol. The lowest BCUT2D eigenvalue weighted by Crippen LogP contribution is -2.32. The normalized spacial score (nSPS) is 10.2. The van der Waals surface area contributed by atoms with Gasteiger partial charge in [-0.15, -0.1) is 0 Å². The van der Waals surface area contributed by atoms with Crippen molar-refractivity contribution < 1.29 is 18.7 Å². The predicted octanol–water partition coefficient (Wildman–Crippen LogP) is 3.04. The van der Waals surface area contributed by atoms with E-state index in [1.54, 1.807) is 37.3 Å². The summed E-state index contributed by atoms with van der Waals surface area (Å²) in [5, 5.41) is 0. The highest BCUT2D eigenvalue weighted by Gasteiger charge is 2.24. The number of ether oxygens (including phenoxy) is 1. The molecule has 1 aromatic heterocycles. The fourth-order valence-electron chi connectivity index (χ4n) is 2.13. The van der Waals surface area contributed by atoms with Gasteiger partial charge in [-0.1, -0.05) is 12.1 Å². The van der Waals surface area contributed by atoms with Crippen molar-refractivity contribution in [2.24, 2.45) is 0 Å². The molecule has 0 atom stereocenters. The summed E-state index contributed by atoms with van der Waals surface area (Å²) < 4.78 is 10.0. The molecule has 0 bridgehead atoms. The first-order valence-corrected chi connectivity index (χ1v) is 6.63. The number of carbonyl (C=O) groups excluding carboxylic acids is 2. The molecule has 0 saturated carbocycles. The third-order valence-corrected chi connectivity index (χ3v) is 3.22. The summed E-state index contributed by atoms with van der Waals surface area (Å²) >= 11 is 0. The van der Waals surface area contributed by atoms with Gasteiger partial charge in [0.25, 0.3) is 5.91 Å². The van der Waals surface area contributed by atoms with Crippen molar-refractivity contribution in [2.45, 2.75) is 13.8 Å². The highest BCUT2D eigenvalue weighted by Crippen LogP contribution is 2.24. The van der Waals surface area contributed by atoms with Gasteiger partial charge in [-0.25, -0.2) is 4.79 Å². The molecule has 1 aromatic carbocycles. The van der Waals surface area contributed by atoms with E-state index in [0.717, 1.165) is 5.56 Å². The van der Waals surface area contributed by atoms with Crippen LogP contribution in [-0.4, -0.2) is 25.5 Å². The first-order chi connectivity index (χ1) is 10.1. The third-order valence-electron chi connectivity index (χ3n) is 3.22. The van der Waals surface area contributed by atoms with E-state index in [-0.39, 0.29) is 11.7 Å². The van der Waals surface area contributed by atoms with E-state index in [9.17, 15) is 9.59 Å². The minimum absolute atomic E-state index is 0.275. The number of nitrogens with zero attached hydrogens (tertiary/aromatic N) is 1. The van der Waals surface area contributed by atoms with Crippen LogP contribution in [0, 0.1) is 6.92 Å². The van der Waals surface area contributed by atoms with Gasteiger partial charge in [0.15, 0.2) is 5.76 Å². The van der Waals surface area contributed by atoms with Crippen LogP contribution in [0.25, 0.3) is 0 Å². The number of anilines is 1. The van der Waals surface area contributed by atoms with E-state index in [1.807, 2.05) is 6.92 Å². The van der Waals surface area contributed by atoms with E-state index in [2.05, 4.69) is 0 Å². The van der Waals surface area contributed by atoms with E-state index >= 15 is 0 Å². The van der Waals surface area contributed by atoms with Gasteiger partial charge in [-0.05, 0) is 32.0 Å². The molecule has 0 spiro atoms. The van der Waals surface area contributed by atoms with Gasteiger partial charge in [-0.2, -0.15) is 0 Å². The molecule has 0 radical (unpaired) electrons. The minimum atomic E-state index is -0.479. The first kappa shape index (κ1) is 14.8. The Bertz CT molecular complexity index is 660. The number of para-hydroxylation sites is 1. The van der Waals surface area contributed by atoms with Gasteiger partial charge in [-0.3, -0.25) is 4.79 Å². The summed E-state index contributed by atoms with van der Waals surface area (Å²) in [5.74, 6) is -0.485. The summed E-state index contributed by atoms with van der Waals surface area (Å²) in [5.41, 5.74) is 1.61. The van der Waals surface area contributed by atoms with Crippen LogP contribution in [0.3, 0.4) is 0 Å². The van der Waals surface area contributed by atoms with Crippen LogP contribution in [0.4, 0.5) is 5.69 Å². The van der Waals surface area contributed by atoms with Crippen molar-refractivity contribution in [1.82, 2.24) is 0 Å². The lowest BCUT2D eigenvalue weighted by molar-refractivity contribution is 0.0601. The zero-order valence-electron chi connectivity index (χ0n) is 12.3. The maximum atomic E-state index is 12.6. The Kier molecular flexibility index (Phi) is 4.42. The average molecular weight is 287 g/mol. The minimum Gasteiger partial charge on any atom is -0.465 e. The third kappa shape index (κ3) is 2.81. The van der Waals surface area contributed by atoms with Gasteiger partial charge in [0.2, 0.25) is 0 Å². The lowest BCUT2D eigenvalue weighted by atomic mass is 10.1. The molecule has 0 aliphatic carbocycles. The Morgan fingerprint density at radius 3 is 2.52 bits per heavy atom. The standard InChI is InChI=1S/C16H17NO4/c1-4-17(15(18)14-11(2)9-10-21-14)13-8-6-5-7-12(13)16(19)20-3/h5-10H,4H2,1-3H3. The Hall–Kier alpha value is -2.56. The van der Waals surface area contributed by atoms with Crippen molar-refractivity contribution in [1.29, 1.82) is 0 Å². The van der Waals surface area contributed by atoms with Gasteiger partial charge in [0.05, 0.1) is 24.6 Å². The van der Waals surface area contributed by atoms with E-state index in [4.69, 9.17) is 9.15 Å². The van der Waals surface area contributed by atoms with Crippen LogP contribution in [-0.2, 0) is 4.74 Å². The molecule has 0 fully saturated rings. The second kappa shape index (κ2) is 6.26. The summed E-state index contributed by atoms with van der Waals surface area (Å²) in [6, 6.07) is 8.57. The number of aryl methyl sites for hydroxylation is 1. The van der Waals surface area contributed by atoms with Crippen LogP contribution in [0.1, 0.15) is 33.4 Å². The number of furan rings is 1. The lowest BCUT2D eigenvalue weighted by Gasteiger charge is -2.22. The van der Waals surface area contributed by atoms with Crippen molar-refractivity contribution in [3.63, 3.8) is 0 Å². The smallest absolute Gasteiger partial charge is 0.339 e. The van der Waals surface area contributed by atoms with Crippen molar-refractivity contribution >= 4 is 17.6 Å². The molecule has 0 aliphatic heterocycles. The molecule has 21 heavy (non-hydrogen) atoms. The molecular weight excluding hydrogens is 270 g/mol. The summed E-state index contributed by atoms with van der Waals surface area (Å²) in [7, 11) is 1.31. The molecule has 0 saturated heterocycles. The van der Waals surface area contributed by atoms with E-state index in [0.29, 0.717) is 17.8 Å². The Balaban J connectivity index is 2.45. The second-order valence-corrected chi connectivity index (χ2v) is 4.49. The van der Waals surface area contributed by atoms with Crippen molar-refractivity contribution in [3.8, 4) is 0 Å². The number of hydrogen-bond acceptors (Lipinski definition) is 4. The fourth-order valence-corrected chi connectivity index (χ4v) is 2.13. The van der Waals surface area contributed by atoms with Crippen molar-refractivity contribution in [3.05, 3.63) is 53.5 Å². The molecule has 2 rings (SSSR count). The predicted molar refractivity (Wildman–Crippen MR) is 78.6 cm³/mol. The highest BCUT2D eigenvalue weighted by molar-refractivity contribution is 6.08. The number of carbonyl (C=O) groups is 2. The largest absolute Gasteiger partial charge is 0.465 e. The van der Waals surface area contributed by atoms with Gasteiger partial charge in [0, 0.05) is 12.1 Å². The van der Waals surface area contributed by atoms with Crippen LogP contribution >= 0.6 is 0 Å². The Labute approximate surface area is 123 Å². The summed E-state index contributed by atoms with van der Waals surface area (Å²) in [4.78, 5) is 25.9. The topological polar surface area (TPSA) is 59.8 Å². The quantitative estimate of drug-likeness (QED) is 0.811. The van der Waals surface area contributed by atoms with Crippen molar-refractivity contribution in [2.75, 3.05) is 18.6 Å². The van der Waals surface area contributed by atoms with Crippen LogP contribution in [0.5, 0.6) is 0 Å². The second-order valence-electron chi connectivity index (χ2n) is 4.49. The van der Waals surface area contributed by atoms with E-state index in [1.165, 1.54) is 18.3 Å². The van der Waals surface area contributed by atoms with Crippen LogP contribution < -0.4 is 4.90 Å². The number of benzene rings is 1. The molecular formula is C16H17NO4. The number of amides is 1. The van der Waals surface area contributed by atoms with Gasteiger partial charge >= 0.3 is 5.97 Å². The zero-order chi connectivity index (χ0) is 15.4. The maximum absolute atomic E-state index is 12.6. The summed E-state index contributed by atoms with van der Waals surface area (Å²) in [6.07, 6.45) is 1.47. The molecule has 5 heteroatoms. The zero-order valence-corrected chi connectivity index (χ0v) is 12.3. The van der Waals surface area contributed by atoms with E-state index < -0.39 is 5.97 Å². The Morgan fingerprint density at radius 2 is 1.95 bits per heavy atom. The van der Waals surface area contributed by atoms with Gasteiger partial charge in [0.1, 0.15) is 0 Å². The molecule has 0 unspecified atom stereocenters. The number of rotatable bonds is 4. The number of methoxy groups -OCH3 is 1. The summed E-state index contributed by atoms with van der Waals surface area (Å²) in [6.45, 7) is 4.05. The molecule has 110 valence electrons. The first-order valence-electron chi connectivity index (χ1n) is 6.63. The molecule has 1 heterocycles.